The molecule has 6 heteroatoms. The van der Waals surface area contributed by atoms with Crippen LogP contribution in [0.3, 0.4) is 0 Å². The molecule has 0 aliphatic carbocycles. The Morgan fingerprint density at radius 1 is 1.32 bits per heavy atom. The van der Waals surface area contributed by atoms with Crippen molar-refractivity contribution in [2.24, 2.45) is 0 Å². The van der Waals surface area contributed by atoms with Gasteiger partial charge in [0.25, 0.3) is 0 Å². The summed E-state index contributed by atoms with van der Waals surface area (Å²) in [5.74, 6) is 0. The summed E-state index contributed by atoms with van der Waals surface area (Å²) in [5.41, 5.74) is 3.14. The van der Waals surface area contributed by atoms with E-state index in [1.165, 1.54) is 4.40 Å². The second kappa shape index (κ2) is 4.51. The van der Waals surface area contributed by atoms with Crippen LogP contribution in [0.15, 0.2) is 39.6 Å². The van der Waals surface area contributed by atoms with Gasteiger partial charge in [0.15, 0.2) is 5.65 Å². The van der Waals surface area contributed by atoms with Crippen molar-refractivity contribution in [3.63, 3.8) is 0 Å². The molecule has 96 valence electrons. The first-order valence-electron chi connectivity index (χ1n) is 5.60. The minimum Gasteiger partial charge on any atom is -0.247 e. The summed E-state index contributed by atoms with van der Waals surface area (Å²) in [5, 5.41) is 7.14. The Morgan fingerprint density at radius 3 is 2.68 bits per heavy atom. The van der Waals surface area contributed by atoms with Crippen LogP contribution in [-0.2, 0) is 0 Å². The number of nitrogens with zero attached hydrogens (tertiary/aromatic N) is 2. The van der Waals surface area contributed by atoms with Gasteiger partial charge in [-0.2, -0.15) is 5.10 Å². The molecule has 0 aliphatic heterocycles. The molecule has 0 spiro atoms. The maximum atomic E-state index is 11.7. The fraction of sp³-hybridized carbons (Fsp3) is 0.0769. The number of hydrogen-bond acceptors (Lipinski definition) is 2. The highest BCUT2D eigenvalue weighted by molar-refractivity contribution is 9.10. The Morgan fingerprint density at radius 2 is 2.00 bits per heavy atom. The first-order valence-corrected chi connectivity index (χ1v) is 6.77. The standard InChI is InChI=1S/C13H9BrClN3O/c1-7-12(14)10(8-2-4-9(15)5-3-8)6-11-16-17-13(19)18(7)11/h2-6H,1H3,(H,17,19). The topological polar surface area (TPSA) is 50.2 Å². The third-order valence-electron chi connectivity index (χ3n) is 3.02. The van der Waals surface area contributed by atoms with Crippen molar-refractivity contribution >= 4 is 33.2 Å². The molecular weight excluding hydrogens is 330 g/mol. The smallest absolute Gasteiger partial charge is 0.247 e. The molecule has 0 atom stereocenters. The molecule has 3 aromatic rings. The number of aromatic nitrogens is 3. The zero-order chi connectivity index (χ0) is 13.6. The Kier molecular flexibility index (Phi) is 2.95. The molecular formula is C13H9BrClN3O. The number of hydrogen-bond donors (Lipinski definition) is 1. The molecule has 0 saturated carbocycles. The number of nitrogens with one attached hydrogen (secondary N) is 1. The lowest BCUT2D eigenvalue weighted by molar-refractivity contribution is 0.986. The van der Waals surface area contributed by atoms with E-state index in [1.54, 1.807) is 0 Å². The zero-order valence-corrected chi connectivity index (χ0v) is 12.3. The number of H-pyrrole nitrogens is 1. The Hall–Kier alpha value is -1.59. The molecule has 1 aromatic carbocycles. The van der Waals surface area contributed by atoms with Gasteiger partial charge in [-0.05, 0) is 46.6 Å². The molecule has 0 bridgehead atoms. The number of fused-ring (bicyclic) bond motifs is 1. The van der Waals surface area contributed by atoms with Gasteiger partial charge in [-0.3, -0.25) is 0 Å². The lowest BCUT2D eigenvalue weighted by Crippen LogP contribution is -2.12. The number of aryl methyl sites for hydroxylation is 1. The Balaban J connectivity index is 2.33. The van der Waals surface area contributed by atoms with E-state index in [0.29, 0.717) is 10.7 Å². The normalized spacial score (nSPS) is 11.1. The molecule has 0 aliphatic rings. The van der Waals surface area contributed by atoms with Crippen molar-refractivity contribution in [1.82, 2.24) is 14.6 Å². The number of benzene rings is 1. The third kappa shape index (κ3) is 1.99. The van der Waals surface area contributed by atoms with E-state index in [4.69, 9.17) is 11.6 Å². The quantitative estimate of drug-likeness (QED) is 0.739. The van der Waals surface area contributed by atoms with Crippen molar-refractivity contribution in [1.29, 1.82) is 0 Å². The van der Waals surface area contributed by atoms with Gasteiger partial charge < -0.3 is 0 Å². The molecule has 1 N–H and O–H groups in total. The van der Waals surface area contributed by atoms with Crippen LogP contribution in [0.4, 0.5) is 0 Å². The van der Waals surface area contributed by atoms with Crippen molar-refractivity contribution in [2.45, 2.75) is 6.92 Å². The van der Waals surface area contributed by atoms with Crippen LogP contribution >= 0.6 is 27.5 Å². The van der Waals surface area contributed by atoms with E-state index in [2.05, 4.69) is 26.1 Å². The summed E-state index contributed by atoms with van der Waals surface area (Å²) in [4.78, 5) is 11.7. The number of rotatable bonds is 1. The SMILES string of the molecule is Cc1c(Br)c(-c2ccc(Cl)cc2)cc2n[nH]c(=O)n12. The summed E-state index contributed by atoms with van der Waals surface area (Å²) < 4.78 is 2.40. The molecule has 0 saturated heterocycles. The molecule has 0 unspecified atom stereocenters. The number of aromatic amines is 1. The molecule has 0 fully saturated rings. The van der Waals surface area contributed by atoms with Crippen LogP contribution in [0.1, 0.15) is 5.69 Å². The highest BCUT2D eigenvalue weighted by Gasteiger charge is 2.12. The van der Waals surface area contributed by atoms with Crippen molar-refractivity contribution in [3.8, 4) is 11.1 Å². The molecule has 0 radical (unpaired) electrons. The average Bonchev–Trinajstić information content (AvgIpc) is 2.77. The number of pyridine rings is 1. The molecule has 2 heterocycles. The summed E-state index contributed by atoms with van der Waals surface area (Å²) >= 11 is 9.44. The van der Waals surface area contributed by atoms with Gasteiger partial charge >= 0.3 is 5.69 Å². The van der Waals surface area contributed by atoms with Crippen LogP contribution in [0.2, 0.25) is 5.02 Å². The zero-order valence-electron chi connectivity index (χ0n) is 9.95. The minimum atomic E-state index is -0.240. The Bertz CT molecular complexity index is 820. The second-order valence-electron chi connectivity index (χ2n) is 4.19. The van der Waals surface area contributed by atoms with Gasteiger partial charge in [0, 0.05) is 20.8 Å². The maximum Gasteiger partial charge on any atom is 0.347 e. The largest absolute Gasteiger partial charge is 0.347 e. The van der Waals surface area contributed by atoms with Gasteiger partial charge in [0.2, 0.25) is 0 Å². The first kappa shape index (κ1) is 12.4. The summed E-state index contributed by atoms with van der Waals surface area (Å²) in [7, 11) is 0. The summed E-state index contributed by atoms with van der Waals surface area (Å²) in [6, 6.07) is 9.39. The van der Waals surface area contributed by atoms with Gasteiger partial charge in [0.1, 0.15) is 0 Å². The highest BCUT2D eigenvalue weighted by Crippen LogP contribution is 2.32. The lowest BCUT2D eigenvalue weighted by Gasteiger charge is -2.09. The van der Waals surface area contributed by atoms with Crippen LogP contribution in [0, 0.1) is 6.92 Å². The average molecular weight is 339 g/mol. The van der Waals surface area contributed by atoms with E-state index in [9.17, 15) is 4.79 Å². The third-order valence-corrected chi connectivity index (χ3v) is 4.27. The molecule has 19 heavy (non-hydrogen) atoms. The van der Waals surface area contributed by atoms with E-state index < -0.39 is 0 Å². The van der Waals surface area contributed by atoms with Gasteiger partial charge in [0.05, 0.1) is 0 Å². The highest BCUT2D eigenvalue weighted by atomic mass is 79.9. The monoisotopic (exact) mass is 337 g/mol. The van der Waals surface area contributed by atoms with Crippen LogP contribution in [0.25, 0.3) is 16.8 Å². The molecule has 2 aromatic heterocycles. The van der Waals surface area contributed by atoms with E-state index in [-0.39, 0.29) is 5.69 Å². The second-order valence-corrected chi connectivity index (χ2v) is 5.42. The van der Waals surface area contributed by atoms with Gasteiger partial charge in [-0.15, -0.1) is 0 Å². The van der Waals surface area contributed by atoms with Crippen molar-refractivity contribution in [2.75, 3.05) is 0 Å². The number of halogens is 2. The summed E-state index contributed by atoms with van der Waals surface area (Å²) in [6.45, 7) is 1.87. The van der Waals surface area contributed by atoms with Crippen LogP contribution < -0.4 is 5.69 Å². The lowest BCUT2D eigenvalue weighted by atomic mass is 10.1. The van der Waals surface area contributed by atoms with Crippen molar-refractivity contribution < 1.29 is 0 Å². The maximum absolute atomic E-state index is 11.7. The predicted molar refractivity (Wildman–Crippen MR) is 78.7 cm³/mol. The first-order chi connectivity index (χ1) is 9.08. The van der Waals surface area contributed by atoms with Gasteiger partial charge in [-0.1, -0.05) is 23.7 Å². The fourth-order valence-electron chi connectivity index (χ4n) is 2.06. The minimum absolute atomic E-state index is 0.240. The van der Waals surface area contributed by atoms with Crippen LogP contribution in [0.5, 0.6) is 0 Å². The van der Waals surface area contributed by atoms with Crippen molar-refractivity contribution in [3.05, 3.63) is 56.0 Å². The van der Waals surface area contributed by atoms with E-state index >= 15 is 0 Å². The van der Waals surface area contributed by atoms with E-state index in [0.717, 1.165) is 21.3 Å². The molecule has 4 nitrogen and oxygen atoms in total. The fourth-order valence-corrected chi connectivity index (χ4v) is 2.70. The van der Waals surface area contributed by atoms with E-state index in [1.807, 2.05) is 37.3 Å². The molecule has 0 amide bonds. The van der Waals surface area contributed by atoms with Crippen LogP contribution in [-0.4, -0.2) is 14.6 Å². The molecule has 3 rings (SSSR count). The predicted octanol–water partition coefficient (Wildman–Crippen LogP) is 3.41. The summed E-state index contributed by atoms with van der Waals surface area (Å²) in [6.07, 6.45) is 0. The Labute approximate surface area is 122 Å². The van der Waals surface area contributed by atoms with Gasteiger partial charge in [-0.25, -0.2) is 14.3 Å².